The van der Waals surface area contributed by atoms with Gasteiger partial charge in [0.25, 0.3) is 0 Å². The molecule has 4 heteroatoms. The smallest absolute Gasteiger partial charge is 0.329 e. The molecule has 1 aliphatic rings. The number of hydrogen-bond acceptors (Lipinski definition) is 1. The summed E-state index contributed by atoms with van der Waals surface area (Å²) in [5, 5.41) is 9.87. The predicted octanol–water partition coefficient (Wildman–Crippen LogP) is 3.31. The second-order valence-electron chi connectivity index (χ2n) is 3.77. The Morgan fingerprint density at radius 1 is 1.54 bits per heavy atom. The summed E-state index contributed by atoms with van der Waals surface area (Å²) in [5.74, 6) is -0.282. The van der Waals surface area contributed by atoms with Crippen LogP contribution in [0, 0.1) is 5.92 Å². The first-order valence-corrected chi connectivity index (χ1v) is 5.50. The van der Waals surface area contributed by atoms with Crippen LogP contribution in [0.3, 0.4) is 0 Å². The third kappa shape index (κ3) is 2.04. The lowest BCUT2D eigenvalue weighted by Gasteiger charge is -2.42. The molecule has 0 saturated heterocycles. The molecule has 1 nitrogen and oxygen atoms in total. The molecule has 0 bridgehead atoms. The Hall–Kier alpha value is 0.300. The molecule has 1 saturated carbocycles. The van der Waals surface area contributed by atoms with Crippen molar-refractivity contribution in [1.82, 2.24) is 0 Å². The first-order valence-electron chi connectivity index (χ1n) is 4.71. The van der Waals surface area contributed by atoms with E-state index in [2.05, 4.69) is 15.9 Å². The van der Waals surface area contributed by atoms with E-state index in [4.69, 9.17) is 0 Å². The highest BCUT2D eigenvalue weighted by atomic mass is 79.9. The number of rotatable bonds is 2. The van der Waals surface area contributed by atoms with Crippen LogP contribution in [0.25, 0.3) is 0 Å². The van der Waals surface area contributed by atoms with Crippen LogP contribution in [0.4, 0.5) is 8.78 Å². The maximum absolute atomic E-state index is 13.1. The molecule has 2 atom stereocenters. The first-order chi connectivity index (χ1) is 5.92. The van der Waals surface area contributed by atoms with Crippen LogP contribution in [0.2, 0.25) is 0 Å². The fraction of sp³-hybridized carbons (Fsp3) is 1.00. The SMILES string of the molecule is CCC1CCCCC1(O)C(F)(F)Br. The molecule has 0 amide bonds. The molecule has 1 rings (SSSR count). The van der Waals surface area contributed by atoms with E-state index in [-0.39, 0.29) is 12.3 Å². The van der Waals surface area contributed by atoms with Gasteiger partial charge in [0.2, 0.25) is 0 Å². The van der Waals surface area contributed by atoms with E-state index < -0.39 is 10.4 Å². The molecule has 0 aliphatic heterocycles. The van der Waals surface area contributed by atoms with Crippen molar-refractivity contribution in [3.05, 3.63) is 0 Å². The van der Waals surface area contributed by atoms with Gasteiger partial charge in [0.15, 0.2) is 0 Å². The second kappa shape index (κ2) is 3.81. The zero-order valence-corrected chi connectivity index (χ0v) is 9.28. The van der Waals surface area contributed by atoms with Crippen molar-refractivity contribution < 1.29 is 13.9 Å². The van der Waals surface area contributed by atoms with Gasteiger partial charge in [0, 0.05) is 0 Å². The summed E-state index contributed by atoms with van der Waals surface area (Å²) in [6.07, 6.45) is 3.15. The van der Waals surface area contributed by atoms with Gasteiger partial charge in [0.1, 0.15) is 5.60 Å². The Kier molecular flexibility index (Phi) is 3.33. The van der Waals surface area contributed by atoms with Crippen LogP contribution in [-0.4, -0.2) is 15.5 Å². The van der Waals surface area contributed by atoms with E-state index in [1.165, 1.54) is 0 Å². The number of halogens is 3. The molecular weight excluding hydrogens is 242 g/mol. The summed E-state index contributed by atoms with van der Waals surface area (Å²) in [7, 11) is 0. The minimum Gasteiger partial charge on any atom is -0.382 e. The molecule has 2 unspecified atom stereocenters. The molecule has 1 aliphatic carbocycles. The van der Waals surface area contributed by atoms with Crippen LogP contribution in [-0.2, 0) is 0 Å². The zero-order valence-electron chi connectivity index (χ0n) is 7.69. The average molecular weight is 257 g/mol. The fourth-order valence-electron chi connectivity index (χ4n) is 2.14. The van der Waals surface area contributed by atoms with Gasteiger partial charge >= 0.3 is 4.83 Å². The molecular formula is C9H15BrF2O. The third-order valence-electron chi connectivity index (χ3n) is 3.02. The molecule has 78 valence electrons. The molecule has 1 fully saturated rings. The van der Waals surface area contributed by atoms with Gasteiger partial charge in [-0.15, -0.1) is 0 Å². The Balaban J connectivity index is 2.83. The van der Waals surface area contributed by atoms with Crippen molar-refractivity contribution in [1.29, 1.82) is 0 Å². The normalized spacial score (nSPS) is 36.2. The third-order valence-corrected chi connectivity index (χ3v) is 3.71. The highest BCUT2D eigenvalue weighted by Crippen LogP contribution is 2.48. The largest absolute Gasteiger partial charge is 0.382 e. The van der Waals surface area contributed by atoms with Gasteiger partial charge in [-0.25, -0.2) is 0 Å². The van der Waals surface area contributed by atoms with Crippen LogP contribution >= 0.6 is 15.9 Å². The van der Waals surface area contributed by atoms with E-state index in [1.807, 2.05) is 6.92 Å². The predicted molar refractivity (Wildman–Crippen MR) is 51.1 cm³/mol. The van der Waals surface area contributed by atoms with Crippen molar-refractivity contribution in [3.63, 3.8) is 0 Å². The second-order valence-corrected chi connectivity index (χ2v) is 4.77. The minimum atomic E-state index is -3.15. The molecule has 0 aromatic heterocycles. The Labute approximate surface area is 85.6 Å². The number of aliphatic hydroxyl groups is 1. The highest BCUT2D eigenvalue weighted by Gasteiger charge is 2.55. The zero-order chi connectivity index (χ0) is 10.1. The Morgan fingerprint density at radius 3 is 2.54 bits per heavy atom. The molecule has 0 radical (unpaired) electrons. The summed E-state index contributed by atoms with van der Waals surface area (Å²) in [6.45, 7) is 1.85. The topological polar surface area (TPSA) is 20.2 Å². The van der Waals surface area contributed by atoms with E-state index in [9.17, 15) is 13.9 Å². The van der Waals surface area contributed by atoms with Crippen LogP contribution in [0.5, 0.6) is 0 Å². The summed E-state index contributed by atoms with van der Waals surface area (Å²) >= 11 is 2.29. The first kappa shape index (κ1) is 11.4. The summed E-state index contributed by atoms with van der Waals surface area (Å²) in [6, 6.07) is 0. The monoisotopic (exact) mass is 256 g/mol. The van der Waals surface area contributed by atoms with Crippen molar-refractivity contribution in [2.75, 3.05) is 0 Å². The maximum atomic E-state index is 13.1. The quantitative estimate of drug-likeness (QED) is 0.752. The highest BCUT2D eigenvalue weighted by molar-refractivity contribution is 9.10. The van der Waals surface area contributed by atoms with Gasteiger partial charge in [-0.2, -0.15) is 8.78 Å². The van der Waals surface area contributed by atoms with E-state index in [0.717, 1.165) is 6.42 Å². The molecule has 0 spiro atoms. The average Bonchev–Trinajstić information content (AvgIpc) is 2.03. The standard InChI is InChI=1S/C9H15BrF2O/c1-2-7-5-3-4-6-8(7,13)9(10,11)12/h7,13H,2-6H2,1H3. The lowest BCUT2D eigenvalue weighted by molar-refractivity contribution is -0.167. The molecule has 0 heterocycles. The van der Waals surface area contributed by atoms with Crippen molar-refractivity contribution in [3.8, 4) is 0 Å². The molecule has 0 aromatic carbocycles. The van der Waals surface area contributed by atoms with Crippen LogP contribution in [0.1, 0.15) is 39.0 Å². The number of alkyl halides is 3. The minimum absolute atomic E-state index is 0.198. The summed E-state index contributed by atoms with van der Waals surface area (Å²) < 4.78 is 26.2. The van der Waals surface area contributed by atoms with Crippen LogP contribution < -0.4 is 0 Å². The van der Waals surface area contributed by atoms with Crippen molar-refractivity contribution >= 4 is 15.9 Å². The Morgan fingerprint density at radius 2 is 2.15 bits per heavy atom. The lowest BCUT2D eigenvalue weighted by atomic mass is 9.74. The van der Waals surface area contributed by atoms with Gasteiger partial charge in [-0.05, 0) is 34.7 Å². The van der Waals surface area contributed by atoms with E-state index in [0.29, 0.717) is 19.3 Å². The fourth-order valence-corrected chi connectivity index (χ4v) is 2.67. The van der Waals surface area contributed by atoms with Crippen molar-refractivity contribution in [2.24, 2.45) is 5.92 Å². The maximum Gasteiger partial charge on any atom is 0.329 e. The van der Waals surface area contributed by atoms with Gasteiger partial charge in [-0.1, -0.05) is 26.2 Å². The molecule has 13 heavy (non-hydrogen) atoms. The van der Waals surface area contributed by atoms with Gasteiger partial charge < -0.3 is 5.11 Å². The Bertz CT molecular complexity index is 181. The summed E-state index contributed by atoms with van der Waals surface area (Å²) in [4.78, 5) is -3.15. The van der Waals surface area contributed by atoms with Gasteiger partial charge in [-0.3, -0.25) is 0 Å². The van der Waals surface area contributed by atoms with E-state index in [1.54, 1.807) is 0 Å². The van der Waals surface area contributed by atoms with Gasteiger partial charge in [0.05, 0.1) is 0 Å². The lowest BCUT2D eigenvalue weighted by Crippen LogP contribution is -2.51. The molecule has 1 N–H and O–H groups in total. The summed E-state index contributed by atoms with van der Waals surface area (Å²) in [5.41, 5.74) is -1.83. The molecule has 0 aromatic rings. The number of hydrogen-bond donors (Lipinski definition) is 1. The van der Waals surface area contributed by atoms with Crippen molar-refractivity contribution in [2.45, 2.75) is 49.5 Å². The van der Waals surface area contributed by atoms with E-state index >= 15 is 0 Å². The van der Waals surface area contributed by atoms with Crippen LogP contribution in [0.15, 0.2) is 0 Å².